The molecule has 0 fully saturated rings. The minimum absolute atomic E-state index is 0.901. The zero-order valence-electron chi connectivity index (χ0n) is 10.7. The highest BCUT2D eigenvalue weighted by atomic mass is 15.1. The fourth-order valence-corrected chi connectivity index (χ4v) is 1.58. The lowest BCUT2D eigenvalue weighted by molar-refractivity contribution is 0.369. The van der Waals surface area contributed by atoms with Crippen molar-refractivity contribution >= 4 is 5.57 Å². The van der Waals surface area contributed by atoms with Crippen LogP contribution in [0.1, 0.15) is 31.8 Å². The fourth-order valence-electron chi connectivity index (χ4n) is 1.58. The van der Waals surface area contributed by atoms with E-state index in [0.717, 1.165) is 31.0 Å². The summed E-state index contributed by atoms with van der Waals surface area (Å²) in [6.45, 7) is 8.11. The van der Waals surface area contributed by atoms with Crippen molar-refractivity contribution in [2.24, 2.45) is 0 Å². The van der Waals surface area contributed by atoms with Gasteiger partial charge in [0, 0.05) is 25.0 Å². The highest BCUT2D eigenvalue weighted by Crippen LogP contribution is 2.17. The highest BCUT2D eigenvalue weighted by molar-refractivity contribution is 5.60. The van der Waals surface area contributed by atoms with Crippen molar-refractivity contribution in [1.29, 1.82) is 0 Å². The molecular weight excluding hydrogens is 198 g/mol. The minimum Gasteiger partial charge on any atom is -0.302 e. The van der Waals surface area contributed by atoms with Gasteiger partial charge in [-0.25, -0.2) is 9.97 Å². The molecular formula is C13H21N3. The summed E-state index contributed by atoms with van der Waals surface area (Å²) in [7, 11) is 2.13. The number of hydrogen-bond acceptors (Lipinski definition) is 3. The minimum atomic E-state index is 0.901. The average molecular weight is 219 g/mol. The molecule has 0 saturated carbocycles. The van der Waals surface area contributed by atoms with Crippen LogP contribution < -0.4 is 0 Å². The van der Waals surface area contributed by atoms with E-state index in [-0.39, 0.29) is 0 Å². The number of likely N-dealkylation sites (N-methyl/N-ethyl adjacent to an activating group) is 1. The van der Waals surface area contributed by atoms with E-state index in [9.17, 15) is 0 Å². The van der Waals surface area contributed by atoms with E-state index in [4.69, 9.17) is 0 Å². The Labute approximate surface area is 98.2 Å². The van der Waals surface area contributed by atoms with Gasteiger partial charge < -0.3 is 4.90 Å². The predicted molar refractivity (Wildman–Crippen MR) is 68.2 cm³/mol. The second kappa shape index (κ2) is 6.38. The van der Waals surface area contributed by atoms with Gasteiger partial charge in [-0.2, -0.15) is 0 Å². The molecule has 0 saturated heterocycles. The summed E-state index contributed by atoms with van der Waals surface area (Å²) in [5, 5.41) is 0. The van der Waals surface area contributed by atoms with E-state index in [0.29, 0.717) is 0 Å². The molecule has 0 amide bonds. The molecule has 0 radical (unpaired) electrons. The third kappa shape index (κ3) is 3.42. The lowest BCUT2D eigenvalue weighted by Crippen LogP contribution is -2.24. The van der Waals surface area contributed by atoms with Gasteiger partial charge in [0.05, 0.1) is 0 Å². The molecule has 1 aromatic heterocycles. The molecule has 0 aromatic carbocycles. The molecule has 16 heavy (non-hydrogen) atoms. The van der Waals surface area contributed by atoms with E-state index in [2.05, 4.69) is 28.0 Å². The second-order valence-electron chi connectivity index (χ2n) is 3.76. The van der Waals surface area contributed by atoms with E-state index in [1.165, 1.54) is 5.57 Å². The number of aryl methyl sites for hydroxylation is 1. The summed E-state index contributed by atoms with van der Waals surface area (Å²) in [5.74, 6) is 0.901. The maximum absolute atomic E-state index is 4.42. The first-order valence-electron chi connectivity index (χ1n) is 5.93. The van der Waals surface area contributed by atoms with Gasteiger partial charge in [-0.1, -0.05) is 19.9 Å². The van der Waals surface area contributed by atoms with Gasteiger partial charge >= 0.3 is 0 Å². The molecule has 88 valence electrons. The molecule has 1 aliphatic rings. The summed E-state index contributed by atoms with van der Waals surface area (Å²) >= 11 is 0. The maximum Gasteiger partial charge on any atom is 0.155 e. The smallest absolute Gasteiger partial charge is 0.155 e. The Bertz CT molecular complexity index is 358. The van der Waals surface area contributed by atoms with Crippen molar-refractivity contribution in [1.82, 2.24) is 14.9 Å². The Morgan fingerprint density at radius 3 is 2.62 bits per heavy atom. The van der Waals surface area contributed by atoms with Crippen molar-refractivity contribution in [2.75, 3.05) is 20.1 Å². The standard InChI is InChI=1S/C11H15N3.C2H6/c1-9-3-6-12-11(13-9)10-4-7-14(2)8-5-10;1-2/h3-4,6H,5,7-8H2,1-2H3;1-2H3. The average Bonchev–Trinajstić information content (AvgIpc) is 2.32. The van der Waals surface area contributed by atoms with Crippen molar-refractivity contribution < 1.29 is 0 Å². The monoisotopic (exact) mass is 219 g/mol. The first-order valence-corrected chi connectivity index (χ1v) is 5.93. The molecule has 1 aromatic rings. The summed E-state index contributed by atoms with van der Waals surface area (Å²) in [4.78, 5) is 11.0. The number of hydrogen-bond donors (Lipinski definition) is 0. The van der Waals surface area contributed by atoms with Crippen molar-refractivity contribution in [2.45, 2.75) is 27.2 Å². The maximum atomic E-state index is 4.42. The zero-order chi connectivity index (χ0) is 12.0. The van der Waals surface area contributed by atoms with Gasteiger partial charge in [0.15, 0.2) is 5.82 Å². The first kappa shape index (κ1) is 12.8. The van der Waals surface area contributed by atoms with Crippen LogP contribution in [-0.2, 0) is 0 Å². The molecule has 2 rings (SSSR count). The van der Waals surface area contributed by atoms with Crippen LogP contribution in [0.25, 0.3) is 5.57 Å². The Kier molecular flexibility index (Phi) is 5.12. The van der Waals surface area contributed by atoms with E-state index in [1.807, 2.05) is 33.0 Å². The molecule has 0 N–H and O–H groups in total. The van der Waals surface area contributed by atoms with Gasteiger partial charge in [0.1, 0.15) is 0 Å². The van der Waals surface area contributed by atoms with Crippen LogP contribution >= 0.6 is 0 Å². The fraction of sp³-hybridized carbons (Fsp3) is 0.538. The number of aromatic nitrogens is 2. The molecule has 0 unspecified atom stereocenters. The Morgan fingerprint density at radius 1 is 1.31 bits per heavy atom. The van der Waals surface area contributed by atoms with E-state index < -0.39 is 0 Å². The molecule has 0 bridgehead atoms. The Hall–Kier alpha value is -1.22. The zero-order valence-corrected chi connectivity index (χ0v) is 10.7. The van der Waals surface area contributed by atoms with E-state index >= 15 is 0 Å². The van der Waals surface area contributed by atoms with Gasteiger partial charge in [-0.05, 0) is 32.0 Å². The van der Waals surface area contributed by atoms with E-state index in [1.54, 1.807) is 0 Å². The largest absolute Gasteiger partial charge is 0.302 e. The molecule has 0 aliphatic carbocycles. The molecule has 0 spiro atoms. The van der Waals surface area contributed by atoms with Crippen LogP contribution in [0.2, 0.25) is 0 Å². The van der Waals surface area contributed by atoms with Crippen molar-refractivity contribution in [3.63, 3.8) is 0 Å². The van der Waals surface area contributed by atoms with Crippen LogP contribution in [0.15, 0.2) is 18.3 Å². The van der Waals surface area contributed by atoms with Crippen molar-refractivity contribution in [3.05, 3.63) is 29.9 Å². The van der Waals surface area contributed by atoms with Crippen molar-refractivity contribution in [3.8, 4) is 0 Å². The third-order valence-corrected chi connectivity index (χ3v) is 2.49. The third-order valence-electron chi connectivity index (χ3n) is 2.49. The molecule has 3 heteroatoms. The highest BCUT2D eigenvalue weighted by Gasteiger charge is 2.11. The normalized spacial score (nSPS) is 16.1. The molecule has 0 atom stereocenters. The van der Waals surface area contributed by atoms with Crippen LogP contribution in [-0.4, -0.2) is 35.0 Å². The lowest BCUT2D eigenvalue weighted by atomic mass is 10.1. The molecule has 1 aliphatic heterocycles. The summed E-state index contributed by atoms with van der Waals surface area (Å²) in [6, 6.07) is 1.93. The Balaban J connectivity index is 0.000000606. The van der Waals surface area contributed by atoms with Gasteiger partial charge in [0.25, 0.3) is 0 Å². The SMILES string of the molecule is CC.Cc1ccnc(C2=CCN(C)CC2)n1. The molecule has 3 nitrogen and oxygen atoms in total. The van der Waals surface area contributed by atoms with Crippen LogP contribution in [0.4, 0.5) is 0 Å². The second-order valence-corrected chi connectivity index (χ2v) is 3.76. The lowest BCUT2D eigenvalue weighted by Gasteiger charge is -2.21. The van der Waals surface area contributed by atoms with Gasteiger partial charge in [-0.15, -0.1) is 0 Å². The van der Waals surface area contributed by atoms with Crippen LogP contribution in [0.3, 0.4) is 0 Å². The summed E-state index contributed by atoms with van der Waals surface area (Å²) in [5.41, 5.74) is 2.32. The molecule has 2 heterocycles. The summed E-state index contributed by atoms with van der Waals surface area (Å²) in [6.07, 6.45) is 5.11. The van der Waals surface area contributed by atoms with Gasteiger partial charge in [-0.3, -0.25) is 0 Å². The quantitative estimate of drug-likeness (QED) is 0.727. The van der Waals surface area contributed by atoms with Crippen LogP contribution in [0.5, 0.6) is 0 Å². The topological polar surface area (TPSA) is 29.0 Å². The predicted octanol–water partition coefficient (Wildman–Crippen LogP) is 2.53. The first-order chi connectivity index (χ1) is 7.75. The van der Waals surface area contributed by atoms with Gasteiger partial charge in [0.2, 0.25) is 0 Å². The number of nitrogens with zero attached hydrogens (tertiary/aromatic N) is 3. The Morgan fingerprint density at radius 2 is 2.06 bits per heavy atom. The van der Waals surface area contributed by atoms with Crippen LogP contribution in [0, 0.1) is 6.92 Å². The number of rotatable bonds is 1. The summed E-state index contributed by atoms with van der Waals surface area (Å²) < 4.78 is 0.